The van der Waals surface area contributed by atoms with Gasteiger partial charge in [0, 0.05) is 17.4 Å². The molecule has 1 atom stereocenters. The van der Waals surface area contributed by atoms with Gasteiger partial charge in [0.15, 0.2) is 0 Å². The standard InChI is InChI=1S/C16H22N2O2S/c1-4-17-14(11-21-16-18-12(3)10-20-16)13-8-6-7-9-15(13)19-5-2/h6-10,14,17H,4-5,11H2,1-3H3. The Morgan fingerprint density at radius 1 is 1.33 bits per heavy atom. The van der Waals surface area contributed by atoms with Crippen LogP contribution in [-0.4, -0.2) is 23.9 Å². The van der Waals surface area contributed by atoms with E-state index in [9.17, 15) is 0 Å². The second-order valence-corrected chi connectivity index (χ2v) is 5.62. The molecule has 2 rings (SSSR count). The maximum atomic E-state index is 5.73. The molecular weight excluding hydrogens is 284 g/mol. The number of oxazole rings is 1. The summed E-state index contributed by atoms with van der Waals surface area (Å²) in [6.45, 7) is 7.61. The molecule has 0 saturated heterocycles. The van der Waals surface area contributed by atoms with E-state index in [1.54, 1.807) is 18.0 Å². The fourth-order valence-corrected chi connectivity index (χ4v) is 3.05. The molecule has 0 aliphatic carbocycles. The Kier molecular flexibility index (Phi) is 6.14. The Morgan fingerprint density at radius 3 is 2.81 bits per heavy atom. The van der Waals surface area contributed by atoms with E-state index in [0.29, 0.717) is 11.8 Å². The molecule has 0 radical (unpaired) electrons. The van der Waals surface area contributed by atoms with E-state index in [1.807, 2.05) is 32.0 Å². The largest absolute Gasteiger partial charge is 0.494 e. The molecule has 0 aliphatic rings. The number of hydrogen-bond donors (Lipinski definition) is 1. The molecule has 5 heteroatoms. The highest BCUT2D eigenvalue weighted by Crippen LogP contribution is 2.30. The van der Waals surface area contributed by atoms with Gasteiger partial charge >= 0.3 is 0 Å². The second-order valence-electron chi connectivity index (χ2n) is 4.65. The number of aromatic nitrogens is 1. The topological polar surface area (TPSA) is 47.3 Å². The lowest BCUT2D eigenvalue weighted by molar-refractivity contribution is 0.333. The molecule has 1 unspecified atom stereocenters. The zero-order chi connectivity index (χ0) is 15.1. The van der Waals surface area contributed by atoms with Crippen molar-refractivity contribution in [3.63, 3.8) is 0 Å². The lowest BCUT2D eigenvalue weighted by Gasteiger charge is -2.20. The lowest BCUT2D eigenvalue weighted by Crippen LogP contribution is -2.23. The van der Waals surface area contributed by atoms with E-state index in [-0.39, 0.29) is 6.04 Å². The zero-order valence-corrected chi connectivity index (χ0v) is 13.6. The van der Waals surface area contributed by atoms with E-state index >= 15 is 0 Å². The second kappa shape index (κ2) is 8.10. The fourth-order valence-electron chi connectivity index (χ4n) is 2.11. The quantitative estimate of drug-likeness (QED) is 0.751. The van der Waals surface area contributed by atoms with Crippen molar-refractivity contribution < 1.29 is 9.15 Å². The summed E-state index contributed by atoms with van der Waals surface area (Å²) in [5.74, 6) is 1.79. The van der Waals surface area contributed by atoms with Crippen molar-refractivity contribution in [2.24, 2.45) is 0 Å². The van der Waals surface area contributed by atoms with Crippen LogP contribution in [0, 0.1) is 6.92 Å². The van der Waals surface area contributed by atoms with Crippen molar-refractivity contribution in [2.75, 3.05) is 18.9 Å². The fraction of sp³-hybridized carbons (Fsp3) is 0.438. The minimum Gasteiger partial charge on any atom is -0.494 e. The number of nitrogens with zero attached hydrogens (tertiary/aromatic N) is 1. The first kappa shape index (κ1) is 15.9. The number of aryl methyl sites for hydroxylation is 1. The van der Waals surface area contributed by atoms with Crippen molar-refractivity contribution in [3.05, 3.63) is 41.8 Å². The van der Waals surface area contributed by atoms with Gasteiger partial charge in [-0.25, -0.2) is 4.98 Å². The first-order valence-electron chi connectivity index (χ1n) is 7.24. The summed E-state index contributed by atoms with van der Waals surface area (Å²) >= 11 is 1.62. The van der Waals surface area contributed by atoms with Crippen molar-refractivity contribution >= 4 is 11.8 Å². The Morgan fingerprint density at radius 2 is 2.14 bits per heavy atom. The normalized spacial score (nSPS) is 12.3. The van der Waals surface area contributed by atoms with E-state index < -0.39 is 0 Å². The minimum atomic E-state index is 0.204. The molecule has 1 aromatic carbocycles. The average Bonchev–Trinajstić information content (AvgIpc) is 2.90. The summed E-state index contributed by atoms with van der Waals surface area (Å²) in [6, 6.07) is 8.38. The summed E-state index contributed by atoms with van der Waals surface area (Å²) in [7, 11) is 0. The molecule has 0 bridgehead atoms. The van der Waals surface area contributed by atoms with Crippen LogP contribution in [0.1, 0.15) is 31.1 Å². The molecule has 21 heavy (non-hydrogen) atoms. The molecule has 0 saturated carbocycles. The SMILES string of the molecule is CCNC(CSc1nc(C)co1)c1ccccc1OCC. The van der Waals surface area contributed by atoms with Crippen LogP contribution >= 0.6 is 11.8 Å². The third-order valence-corrected chi connectivity index (χ3v) is 3.95. The van der Waals surface area contributed by atoms with Crippen LogP contribution in [0.2, 0.25) is 0 Å². The van der Waals surface area contributed by atoms with Gasteiger partial charge in [0.25, 0.3) is 5.22 Å². The predicted octanol–water partition coefficient (Wildman–Crippen LogP) is 3.82. The average molecular weight is 306 g/mol. The number of ether oxygens (including phenoxy) is 1. The molecule has 1 heterocycles. The van der Waals surface area contributed by atoms with Gasteiger partial charge in [-0.2, -0.15) is 0 Å². The lowest BCUT2D eigenvalue weighted by atomic mass is 10.1. The van der Waals surface area contributed by atoms with Crippen molar-refractivity contribution in [3.8, 4) is 5.75 Å². The van der Waals surface area contributed by atoms with Gasteiger partial charge < -0.3 is 14.5 Å². The highest BCUT2D eigenvalue weighted by Gasteiger charge is 2.16. The Balaban J connectivity index is 2.10. The zero-order valence-electron chi connectivity index (χ0n) is 12.8. The molecule has 4 nitrogen and oxygen atoms in total. The van der Waals surface area contributed by atoms with Crippen molar-refractivity contribution in [2.45, 2.75) is 32.0 Å². The van der Waals surface area contributed by atoms with Gasteiger partial charge in [-0.05, 0) is 26.5 Å². The van der Waals surface area contributed by atoms with E-state index in [1.165, 1.54) is 5.56 Å². The van der Waals surface area contributed by atoms with E-state index in [4.69, 9.17) is 9.15 Å². The highest BCUT2D eigenvalue weighted by molar-refractivity contribution is 7.99. The third-order valence-electron chi connectivity index (χ3n) is 3.02. The number of hydrogen-bond acceptors (Lipinski definition) is 5. The number of para-hydroxylation sites is 1. The maximum absolute atomic E-state index is 5.73. The van der Waals surface area contributed by atoms with Crippen LogP contribution < -0.4 is 10.1 Å². The van der Waals surface area contributed by atoms with Gasteiger partial charge in [-0.3, -0.25) is 0 Å². The summed E-state index contributed by atoms with van der Waals surface area (Å²) in [6.07, 6.45) is 1.68. The van der Waals surface area contributed by atoms with Crippen molar-refractivity contribution in [1.29, 1.82) is 0 Å². The van der Waals surface area contributed by atoms with Gasteiger partial charge in [0.1, 0.15) is 12.0 Å². The van der Waals surface area contributed by atoms with Crippen LogP contribution in [0.15, 0.2) is 40.2 Å². The monoisotopic (exact) mass is 306 g/mol. The van der Waals surface area contributed by atoms with Crippen LogP contribution in [0.25, 0.3) is 0 Å². The number of rotatable bonds is 8. The van der Waals surface area contributed by atoms with Crippen LogP contribution in [0.3, 0.4) is 0 Å². The van der Waals surface area contributed by atoms with Gasteiger partial charge in [-0.1, -0.05) is 36.9 Å². The Hall–Kier alpha value is -1.46. The highest BCUT2D eigenvalue weighted by atomic mass is 32.2. The Bertz CT molecular complexity index is 557. The summed E-state index contributed by atoms with van der Waals surface area (Å²) in [4.78, 5) is 4.33. The molecule has 2 aromatic rings. The molecule has 0 fully saturated rings. The van der Waals surface area contributed by atoms with Crippen LogP contribution in [0.4, 0.5) is 0 Å². The molecule has 1 aromatic heterocycles. The Labute approximate surface area is 130 Å². The minimum absolute atomic E-state index is 0.204. The first-order chi connectivity index (χ1) is 10.2. The van der Waals surface area contributed by atoms with E-state index in [0.717, 1.165) is 23.7 Å². The molecule has 0 aliphatic heterocycles. The van der Waals surface area contributed by atoms with E-state index in [2.05, 4.69) is 23.3 Å². The molecule has 0 spiro atoms. The van der Waals surface area contributed by atoms with Crippen molar-refractivity contribution in [1.82, 2.24) is 10.3 Å². The molecule has 114 valence electrons. The maximum Gasteiger partial charge on any atom is 0.255 e. The summed E-state index contributed by atoms with van der Waals surface area (Å²) < 4.78 is 11.1. The van der Waals surface area contributed by atoms with Gasteiger partial charge in [0.05, 0.1) is 12.3 Å². The van der Waals surface area contributed by atoms with Crippen LogP contribution in [-0.2, 0) is 0 Å². The molecule has 0 amide bonds. The van der Waals surface area contributed by atoms with Gasteiger partial charge in [-0.15, -0.1) is 0 Å². The van der Waals surface area contributed by atoms with Gasteiger partial charge in [0.2, 0.25) is 0 Å². The number of thioether (sulfide) groups is 1. The molecular formula is C16H22N2O2S. The third kappa shape index (κ3) is 4.51. The smallest absolute Gasteiger partial charge is 0.255 e. The number of benzene rings is 1. The summed E-state index contributed by atoms with van der Waals surface area (Å²) in [5, 5.41) is 4.22. The summed E-state index contributed by atoms with van der Waals surface area (Å²) in [5.41, 5.74) is 2.09. The number of nitrogens with one attached hydrogen (secondary N) is 1. The first-order valence-corrected chi connectivity index (χ1v) is 8.23. The molecule has 1 N–H and O–H groups in total. The van der Waals surface area contributed by atoms with Crippen LogP contribution in [0.5, 0.6) is 5.75 Å². The predicted molar refractivity (Wildman–Crippen MR) is 86.0 cm³/mol.